The molecular weight excluding hydrogens is 378 g/mol. The van der Waals surface area contributed by atoms with Crippen molar-refractivity contribution in [2.75, 3.05) is 12.4 Å². The second-order valence-corrected chi connectivity index (χ2v) is 7.62. The van der Waals surface area contributed by atoms with Gasteiger partial charge in [-0.3, -0.25) is 4.79 Å². The number of ether oxygens (including phenoxy) is 2. The molecule has 0 bridgehead atoms. The fourth-order valence-corrected chi connectivity index (χ4v) is 4.60. The minimum Gasteiger partial charge on any atom is -0.497 e. The maximum Gasteiger partial charge on any atom is 0.306 e. The third-order valence-electron chi connectivity index (χ3n) is 6.04. The number of carbonyl (C=O) groups is 1. The Labute approximate surface area is 173 Å². The maximum atomic E-state index is 13.3. The standard InChI is InChI=1S/C24H19N3O3/c1-29-16-12-10-15(11-13-16)20-14-21-17-6-2-5-9-22(17)30-24(27(21)26-20)18-7-3-4-8-19(18)25-23(24)28/h2-13,21H,14H2,1H3,(H,25,28)/t21-,24-/m0/s1. The molecule has 0 unspecified atom stereocenters. The van der Waals surface area contributed by atoms with E-state index in [2.05, 4.69) is 5.32 Å². The molecule has 3 aromatic rings. The summed E-state index contributed by atoms with van der Waals surface area (Å²) in [7, 11) is 1.65. The van der Waals surface area contributed by atoms with Crippen LogP contribution in [0, 0.1) is 0 Å². The van der Waals surface area contributed by atoms with Crippen LogP contribution in [-0.2, 0) is 10.5 Å². The number of para-hydroxylation sites is 2. The lowest BCUT2D eigenvalue weighted by atomic mass is 9.92. The van der Waals surface area contributed by atoms with E-state index in [0.29, 0.717) is 6.42 Å². The predicted octanol–water partition coefficient (Wildman–Crippen LogP) is 4.04. The van der Waals surface area contributed by atoms with Gasteiger partial charge in [-0.05, 0) is 42.0 Å². The maximum absolute atomic E-state index is 13.3. The van der Waals surface area contributed by atoms with Gasteiger partial charge in [0.05, 0.1) is 30.1 Å². The highest BCUT2D eigenvalue weighted by atomic mass is 16.5. The van der Waals surface area contributed by atoms with Gasteiger partial charge >= 0.3 is 5.72 Å². The number of hydrogen-bond donors (Lipinski definition) is 1. The fourth-order valence-electron chi connectivity index (χ4n) is 4.60. The second-order valence-electron chi connectivity index (χ2n) is 7.62. The lowest BCUT2D eigenvalue weighted by molar-refractivity contribution is -0.161. The molecule has 1 spiro atoms. The average molecular weight is 397 g/mol. The van der Waals surface area contributed by atoms with Gasteiger partial charge in [-0.25, -0.2) is 5.01 Å². The highest BCUT2D eigenvalue weighted by molar-refractivity contribution is 6.07. The van der Waals surface area contributed by atoms with E-state index in [1.165, 1.54) is 0 Å². The lowest BCUT2D eigenvalue weighted by Crippen LogP contribution is -2.55. The number of nitrogens with zero attached hydrogens (tertiary/aromatic N) is 2. The number of methoxy groups -OCH3 is 1. The molecule has 1 amide bonds. The number of hydrazone groups is 1. The first-order valence-corrected chi connectivity index (χ1v) is 9.91. The average Bonchev–Trinajstić information content (AvgIpc) is 3.35. The summed E-state index contributed by atoms with van der Waals surface area (Å²) in [5.41, 5.74) is 3.18. The normalized spacial score (nSPS) is 23.2. The van der Waals surface area contributed by atoms with Gasteiger partial charge in [0.1, 0.15) is 11.5 Å². The van der Waals surface area contributed by atoms with Crippen LogP contribution in [0.3, 0.4) is 0 Å². The van der Waals surface area contributed by atoms with Crippen LogP contribution in [-0.4, -0.2) is 23.7 Å². The van der Waals surface area contributed by atoms with Crippen molar-refractivity contribution in [3.05, 3.63) is 89.5 Å². The smallest absolute Gasteiger partial charge is 0.306 e. The first-order valence-electron chi connectivity index (χ1n) is 9.91. The van der Waals surface area contributed by atoms with Crippen molar-refractivity contribution in [3.63, 3.8) is 0 Å². The second kappa shape index (κ2) is 6.10. The van der Waals surface area contributed by atoms with Crippen LogP contribution in [0.2, 0.25) is 0 Å². The Morgan fingerprint density at radius 2 is 1.83 bits per heavy atom. The molecule has 3 aromatic carbocycles. The summed E-state index contributed by atoms with van der Waals surface area (Å²) in [4.78, 5) is 13.3. The molecule has 0 fully saturated rings. The Bertz CT molecular complexity index is 1200. The highest BCUT2D eigenvalue weighted by Gasteiger charge is 2.60. The van der Waals surface area contributed by atoms with Crippen molar-refractivity contribution in [3.8, 4) is 11.5 Å². The molecule has 0 saturated heterocycles. The van der Waals surface area contributed by atoms with Gasteiger partial charge in [0, 0.05) is 12.0 Å². The number of anilines is 1. The molecule has 1 N–H and O–H groups in total. The molecule has 2 atom stereocenters. The Hall–Kier alpha value is -3.80. The molecule has 148 valence electrons. The zero-order valence-corrected chi connectivity index (χ0v) is 16.3. The summed E-state index contributed by atoms with van der Waals surface area (Å²) >= 11 is 0. The van der Waals surface area contributed by atoms with Gasteiger partial charge in [0.2, 0.25) is 0 Å². The highest BCUT2D eigenvalue weighted by Crippen LogP contribution is 2.53. The van der Waals surface area contributed by atoms with Crippen LogP contribution in [0.15, 0.2) is 77.9 Å². The third-order valence-corrected chi connectivity index (χ3v) is 6.04. The minimum atomic E-state index is -1.32. The molecule has 30 heavy (non-hydrogen) atoms. The SMILES string of the molecule is COc1ccc(C2=NN3[C@@H](C2)c2ccccc2O[C@@]32C(=O)Nc3ccccc32)cc1. The van der Waals surface area contributed by atoms with E-state index in [1.54, 1.807) is 7.11 Å². The van der Waals surface area contributed by atoms with Gasteiger partial charge in [0.25, 0.3) is 5.91 Å². The van der Waals surface area contributed by atoms with E-state index in [-0.39, 0.29) is 11.9 Å². The number of carbonyl (C=O) groups excluding carboxylic acids is 1. The Morgan fingerprint density at radius 1 is 1.07 bits per heavy atom. The molecule has 0 aliphatic carbocycles. The van der Waals surface area contributed by atoms with Crippen LogP contribution < -0.4 is 14.8 Å². The summed E-state index contributed by atoms with van der Waals surface area (Å²) in [6, 6.07) is 23.3. The van der Waals surface area contributed by atoms with Crippen molar-refractivity contribution in [1.29, 1.82) is 0 Å². The van der Waals surface area contributed by atoms with Gasteiger partial charge in [-0.2, -0.15) is 5.10 Å². The summed E-state index contributed by atoms with van der Waals surface area (Å²) < 4.78 is 11.7. The monoisotopic (exact) mass is 397 g/mol. The third kappa shape index (κ3) is 2.19. The Balaban J connectivity index is 1.53. The van der Waals surface area contributed by atoms with E-state index in [1.807, 2.05) is 77.8 Å². The first kappa shape index (κ1) is 17.1. The van der Waals surface area contributed by atoms with E-state index >= 15 is 0 Å². The van der Waals surface area contributed by atoms with E-state index < -0.39 is 5.72 Å². The fraction of sp³-hybridized carbons (Fsp3) is 0.167. The van der Waals surface area contributed by atoms with Gasteiger partial charge in [0.15, 0.2) is 0 Å². The Morgan fingerprint density at radius 3 is 2.67 bits per heavy atom. The van der Waals surface area contributed by atoms with Gasteiger partial charge in [-0.1, -0.05) is 36.4 Å². The largest absolute Gasteiger partial charge is 0.497 e. The van der Waals surface area contributed by atoms with Crippen LogP contribution in [0.1, 0.15) is 29.2 Å². The van der Waals surface area contributed by atoms with E-state index in [0.717, 1.165) is 39.6 Å². The minimum absolute atomic E-state index is 0.0936. The molecule has 6 nitrogen and oxygen atoms in total. The summed E-state index contributed by atoms with van der Waals surface area (Å²) in [6.45, 7) is 0. The molecule has 3 heterocycles. The summed E-state index contributed by atoms with van der Waals surface area (Å²) in [6.07, 6.45) is 0.684. The topological polar surface area (TPSA) is 63.2 Å². The van der Waals surface area contributed by atoms with Crippen LogP contribution >= 0.6 is 0 Å². The van der Waals surface area contributed by atoms with Crippen LogP contribution in [0.25, 0.3) is 0 Å². The first-order chi connectivity index (χ1) is 14.7. The summed E-state index contributed by atoms with van der Waals surface area (Å²) in [5, 5.41) is 9.77. The van der Waals surface area contributed by atoms with E-state index in [9.17, 15) is 4.79 Å². The number of fused-ring (bicyclic) bond motifs is 6. The number of benzene rings is 3. The zero-order valence-electron chi connectivity index (χ0n) is 16.3. The quantitative estimate of drug-likeness (QED) is 0.709. The molecule has 0 aromatic heterocycles. The molecule has 0 saturated carbocycles. The summed E-state index contributed by atoms with van der Waals surface area (Å²) in [5.74, 6) is 1.30. The zero-order chi connectivity index (χ0) is 20.3. The van der Waals surface area contributed by atoms with Crippen molar-refractivity contribution in [2.24, 2.45) is 5.10 Å². The van der Waals surface area contributed by atoms with Crippen LogP contribution in [0.4, 0.5) is 5.69 Å². The molecule has 6 rings (SSSR count). The molecular formula is C24H19N3O3. The van der Waals surface area contributed by atoms with Gasteiger partial charge in [-0.15, -0.1) is 0 Å². The van der Waals surface area contributed by atoms with E-state index in [4.69, 9.17) is 14.6 Å². The number of nitrogens with one attached hydrogen (secondary N) is 1. The van der Waals surface area contributed by atoms with Crippen molar-refractivity contribution in [1.82, 2.24) is 5.01 Å². The molecule has 0 radical (unpaired) electrons. The van der Waals surface area contributed by atoms with Crippen molar-refractivity contribution >= 4 is 17.3 Å². The Kier molecular flexibility index (Phi) is 3.47. The van der Waals surface area contributed by atoms with Crippen molar-refractivity contribution in [2.45, 2.75) is 18.2 Å². The van der Waals surface area contributed by atoms with Crippen molar-refractivity contribution < 1.29 is 14.3 Å². The molecule has 3 aliphatic rings. The van der Waals surface area contributed by atoms with Gasteiger partial charge < -0.3 is 14.8 Å². The molecule has 3 aliphatic heterocycles. The van der Waals surface area contributed by atoms with Crippen LogP contribution in [0.5, 0.6) is 11.5 Å². The number of rotatable bonds is 2. The number of amides is 1. The predicted molar refractivity (Wildman–Crippen MR) is 113 cm³/mol. The molecule has 6 heteroatoms. The number of hydrogen-bond acceptors (Lipinski definition) is 5. The lowest BCUT2D eigenvalue weighted by Gasteiger charge is -2.43.